The van der Waals surface area contributed by atoms with Crippen molar-refractivity contribution in [2.24, 2.45) is 0 Å². The van der Waals surface area contributed by atoms with Crippen LogP contribution in [0.4, 0.5) is 4.79 Å². The summed E-state index contributed by atoms with van der Waals surface area (Å²) < 4.78 is 22.4. The first kappa shape index (κ1) is 15.1. The van der Waals surface area contributed by atoms with Crippen LogP contribution in [0.3, 0.4) is 0 Å². The van der Waals surface area contributed by atoms with Gasteiger partial charge in [-0.3, -0.25) is 14.3 Å². The number of amides is 3. The van der Waals surface area contributed by atoms with Gasteiger partial charge in [-0.05, 0) is 27.7 Å². The third-order valence-electron chi connectivity index (χ3n) is 2.41. The summed E-state index contributed by atoms with van der Waals surface area (Å²) in [5, 5.41) is 2.51. The summed E-state index contributed by atoms with van der Waals surface area (Å²) in [6.45, 7) is 6.87. The number of carbonyl (C=O) groups excluding carboxylic acids is 2. The molecule has 1 rings (SSSR count). The lowest BCUT2D eigenvalue weighted by Crippen LogP contribution is -2.40. The minimum atomic E-state index is -3.46. The van der Waals surface area contributed by atoms with Crippen LogP contribution in [0.2, 0.25) is 0 Å². The van der Waals surface area contributed by atoms with E-state index < -0.39 is 25.1 Å². The second-order valence-electron chi connectivity index (χ2n) is 4.38. The van der Waals surface area contributed by atoms with Gasteiger partial charge >= 0.3 is 13.6 Å². The number of urea groups is 1. The van der Waals surface area contributed by atoms with Gasteiger partial charge in [0.2, 0.25) is 0 Å². The van der Waals surface area contributed by atoms with Gasteiger partial charge in [0.1, 0.15) is 11.8 Å². The maximum Gasteiger partial charge on any atom is 0.350 e. The molecule has 0 atom stereocenters. The van der Waals surface area contributed by atoms with Crippen LogP contribution < -0.4 is 5.32 Å². The first-order valence-electron chi connectivity index (χ1n) is 5.78. The lowest BCUT2D eigenvalue weighted by Gasteiger charge is -2.22. The normalized spacial score (nSPS) is 19.2. The zero-order chi connectivity index (χ0) is 14.0. The molecule has 1 fully saturated rings. The van der Waals surface area contributed by atoms with Crippen molar-refractivity contribution < 1.29 is 23.2 Å². The fourth-order valence-electron chi connectivity index (χ4n) is 1.63. The van der Waals surface area contributed by atoms with E-state index in [1.54, 1.807) is 27.7 Å². The Kier molecular flexibility index (Phi) is 4.53. The molecule has 0 spiro atoms. The molecule has 0 radical (unpaired) electrons. The van der Waals surface area contributed by atoms with E-state index in [2.05, 4.69) is 5.32 Å². The zero-order valence-corrected chi connectivity index (χ0v) is 12.0. The fourth-order valence-corrected chi connectivity index (χ4v) is 3.26. The Morgan fingerprint density at radius 3 is 2.06 bits per heavy atom. The molecule has 18 heavy (non-hydrogen) atoms. The molecule has 104 valence electrons. The van der Waals surface area contributed by atoms with Gasteiger partial charge in [0.15, 0.2) is 0 Å². The number of rotatable bonds is 6. The maximum absolute atomic E-state index is 12.3. The molecule has 0 aromatic rings. The van der Waals surface area contributed by atoms with Gasteiger partial charge in [0, 0.05) is 0 Å². The molecule has 1 aliphatic rings. The van der Waals surface area contributed by atoms with E-state index >= 15 is 0 Å². The lowest BCUT2D eigenvalue weighted by atomic mass is 10.1. The van der Waals surface area contributed by atoms with Crippen LogP contribution in [0.1, 0.15) is 27.7 Å². The van der Waals surface area contributed by atoms with Crippen molar-refractivity contribution in [2.45, 2.75) is 33.2 Å². The fraction of sp³-hybridized carbons (Fsp3) is 0.800. The molecule has 0 bridgehead atoms. The molecule has 1 aliphatic heterocycles. The molecule has 0 aliphatic carbocycles. The van der Waals surface area contributed by atoms with Crippen molar-refractivity contribution in [2.75, 3.05) is 19.5 Å². The Morgan fingerprint density at radius 1 is 1.22 bits per heavy atom. The standard InChI is InChI=1S/C10H19N2O5P/c1-5-16-18(15,17-6-2)7-12-8(13)10(3,4)11-9(12)14/h5-7H2,1-4H3,(H,11,14). The lowest BCUT2D eigenvalue weighted by molar-refractivity contribution is -0.129. The predicted octanol–water partition coefficient (Wildman–Crippen LogP) is 1.54. The molecule has 0 aromatic carbocycles. The molecule has 8 heteroatoms. The molecule has 0 aromatic heterocycles. The Balaban J connectivity index is 2.85. The summed E-state index contributed by atoms with van der Waals surface area (Å²) in [4.78, 5) is 24.5. The summed E-state index contributed by atoms with van der Waals surface area (Å²) in [5.41, 5.74) is -0.986. The molecule has 7 nitrogen and oxygen atoms in total. The highest BCUT2D eigenvalue weighted by Crippen LogP contribution is 2.49. The summed E-state index contributed by atoms with van der Waals surface area (Å²) >= 11 is 0. The van der Waals surface area contributed by atoms with Crippen molar-refractivity contribution in [3.63, 3.8) is 0 Å². The Labute approximate surface area is 106 Å². The molecule has 1 saturated heterocycles. The van der Waals surface area contributed by atoms with Crippen molar-refractivity contribution in [3.8, 4) is 0 Å². The quantitative estimate of drug-likeness (QED) is 0.588. The van der Waals surface area contributed by atoms with Crippen LogP contribution in [0.25, 0.3) is 0 Å². The molecule has 1 N–H and O–H groups in total. The Bertz CT molecular complexity index is 386. The minimum Gasteiger partial charge on any atom is -0.324 e. The Morgan fingerprint density at radius 2 is 1.72 bits per heavy atom. The van der Waals surface area contributed by atoms with Crippen LogP contribution in [0.5, 0.6) is 0 Å². The van der Waals surface area contributed by atoms with E-state index in [-0.39, 0.29) is 19.5 Å². The van der Waals surface area contributed by atoms with E-state index in [9.17, 15) is 14.2 Å². The smallest absolute Gasteiger partial charge is 0.324 e. The summed E-state index contributed by atoms with van der Waals surface area (Å²) in [7, 11) is -3.46. The number of carbonyl (C=O) groups is 2. The second kappa shape index (κ2) is 5.38. The molecular weight excluding hydrogens is 259 g/mol. The summed E-state index contributed by atoms with van der Waals surface area (Å²) in [6.07, 6.45) is -0.358. The van der Waals surface area contributed by atoms with Crippen LogP contribution >= 0.6 is 7.60 Å². The zero-order valence-electron chi connectivity index (χ0n) is 11.1. The van der Waals surface area contributed by atoms with Gasteiger partial charge in [0.05, 0.1) is 13.2 Å². The van der Waals surface area contributed by atoms with Crippen molar-refractivity contribution in [3.05, 3.63) is 0 Å². The summed E-state index contributed by atoms with van der Waals surface area (Å²) in [6, 6.07) is -0.579. The van der Waals surface area contributed by atoms with Crippen molar-refractivity contribution in [1.82, 2.24) is 10.2 Å². The highest BCUT2D eigenvalue weighted by Gasteiger charge is 2.47. The topological polar surface area (TPSA) is 84.9 Å². The van der Waals surface area contributed by atoms with Gasteiger partial charge in [-0.15, -0.1) is 0 Å². The average molecular weight is 278 g/mol. The average Bonchev–Trinajstić information content (AvgIpc) is 2.41. The van der Waals surface area contributed by atoms with E-state index in [0.717, 1.165) is 4.90 Å². The van der Waals surface area contributed by atoms with Crippen LogP contribution in [0, 0.1) is 0 Å². The molecule has 1 heterocycles. The van der Waals surface area contributed by atoms with Gasteiger partial charge < -0.3 is 14.4 Å². The van der Waals surface area contributed by atoms with Crippen LogP contribution in [-0.4, -0.2) is 41.9 Å². The highest BCUT2D eigenvalue weighted by molar-refractivity contribution is 7.53. The van der Waals surface area contributed by atoms with Gasteiger partial charge in [-0.1, -0.05) is 0 Å². The van der Waals surface area contributed by atoms with Gasteiger partial charge in [0.25, 0.3) is 5.91 Å². The van der Waals surface area contributed by atoms with Gasteiger partial charge in [-0.25, -0.2) is 4.79 Å². The van der Waals surface area contributed by atoms with E-state index in [1.165, 1.54) is 0 Å². The molecular formula is C10H19N2O5P. The minimum absolute atomic E-state index is 0.185. The third-order valence-corrected chi connectivity index (χ3v) is 4.34. The Hall–Kier alpha value is -0.910. The van der Waals surface area contributed by atoms with Gasteiger partial charge in [-0.2, -0.15) is 0 Å². The van der Waals surface area contributed by atoms with E-state index in [0.29, 0.717) is 0 Å². The first-order chi connectivity index (χ1) is 8.25. The molecule has 3 amide bonds. The number of hydrogen-bond donors (Lipinski definition) is 1. The summed E-state index contributed by atoms with van der Waals surface area (Å²) in [5.74, 6) is -0.438. The van der Waals surface area contributed by atoms with E-state index in [1.807, 2.05) is 0 Å². The monoisotopic (exact) mass is 278 g/mol. The highest BCUT2D eigenvalue weighted by atomic mass is 31.2. The largest absolute Gasteiger partial charge is 0.350 e. The van der Waals surface area contributed by atoms with Crippen molar-refractivity contribution in [1.29, 1.82) is 0 Å². The number of nitrogens with one attached hydrogen (secondary N) is 1. The van der Waals surface area contributed by atoms with E-state index in [4.69, 9.17) is 9.05 Å². The SMILES string of the molecule is CCOP(=O)(CN1C(=O)NC(C)(C)C1=O)OCC. The number of hydrogen-bond acceptors (Lipinski definition) is 5. The molecule has 0 unspecified atom stereocenters. The number of nitrogens with zero attached hydrogens (tertiary/aromatic N) is 1. The van der Waals surface area contributed by atoms with Crippen LogP contribution in [-0.2, 0) is 18.4 Å². The number of imide groups is 1. The third kappa shape index (κ3) is 3.10. The maximum atomic E-state index is 12.3. The predicted molar refractivity (Wildman–Crippen MR) is 65.2 cm³/mol. The molecule has 0 saturated carbocycles. The first-order valence-corrected chi connectivity index (χ1v) is 7.51. The second-order valence-corrected chi connectivity index (χ2v) is 6.40. The van der Waals surface area contributed by atoms with Crippen LogP contribution in [0.15, 0.2) is 0 Å². The van der Waals surface area contributed by atoms with Crippen molar-refractivity contribution >= 4 is 19.5 Å².